The average Bonchev–Trinajstić information content (AvgIpc) is 3.10. The van der Waals surface area contributed by atoms with Crippen molar-refractivity contribution in [2.75, 3.05) is 11.4 Å². The van der Waals surface area contributed by atoms with Crippen molar-refractivity contribution >= 4 is 17.7 Å². The van der Waals surface area contributed by atoms with Crippen molar-refractivity contribution in [1.29, 1.82) is 0 Å². The molecule has 3 unspecified atom stereocenters. The van der Waals surface area contributed by atoms with Gasteiger partial charge in [-0.15, -0.1) is 13.2 Å². The first-order valence-corrected chi connectivity index (χ1v) is 13.1. The summed E-state index contributed by atoms with van der Waals surface area (Å²) in [5.41, 5.74) is -2.73. The van der Waals surface area contributed by atoms with E-state index in [2.05, 4.69) is 4.74 Å². The van der Waals surface area contributed by atoms with Crippen LogP contribution in [0.15, 0.2) is 41.5 Å². The SMILES string of the molecule is CCN(C(=O)C1CCC1)c1ccc(OC(F)(F)F)cc1CN1C(=O)OC(C2C=C(C(F)(F)F)C=C(C(F)(F)F)C2)C1C. The molecule has 3 atom stereocenters. The summed E-state index contributed by atoms with van der Waals surface area (Å²) in [4.78, 5) is 28.3. The van der Waals surface area contributed by atoms with Gasteiger partial charge in [-0.3, -0.25) is 9.69 Å². The number of carbonyl (C=O) groups excluding carboxylic acids is 2. The van der Waals surface area contributed by atoms with E-state index in [0.717, 1.165) is 23.5 Å². The Morgan fingerprint density at radius 2 is 1.74 bits per heavy atom. The number of cyclic esters (lactones) is 1. The Balaban J connectivity index is 1.66. The highest BCUT2D eigenvalue weighted by molar-refractivity contribution is 5.96. The second-order valence-corrected chi connectivity index (χ2v) is 10.4. The Labute approximate surface area is 234 Å². The first-order valence-electron chi connectivity index (χ1n) is 13.1. The van der Waals surface area contributed by atoms with Crippen LogP contribution >= 0.6 is 0 Å². The number of hydrogen-bond donors (Lipinski definition) is 0. The number of halogens is 9. The minimum atomic E-state index is -5.09. The van der Waals surface area contributed by atoms with Crippen LogP contribution in [0.5, 0.6) is 5.75 Å². The molecule has 0 aromatic heterocycles. The van der Waals surface area contributed by atoms with Crippen molar-refractivity contribution in [3.05, 3.63) is 47.1 Å². The molecule has 1 aromatic carbocycles. The molecular weight excluding hydrogens is 587 g/mol. The Kier molecular flexibility index (Phi) is 8.53. The van der Waals surface area contributed by atoms with E-state index in [-0.39, 0.29) is 35.7 Å². The lowest BCUT2D eigenvalue weighted by Gasteiger charge is -2.33. The highest BCUT2D eigenvalue weighted by Crippen LogP contribution is 2.44. The lowest BCUT2D eigenvalue weighted by molar-refractivity contribution is -0.274. The van der Waals surface area contributed by atoms with Gasteiger partial charge in [0.15, 0.2) is 0 Å². The van der Waals surface area contributed by atoms with E-state index >= 15 is 0 Å². The van der Waals surface area contributed by atoms with Crippen LogP contribution in [0.3, 0.4) is 0 Å². The summed E-state index contributed by atoms with van der Waals surface area (Å²) in [5.74, 6) is -2.67. The molecule has 1 saturated heterocycles. The second-order valence-electron chi connectivity index (χ2n) is 10.4. The number of benzene rings is 1. The topological polar surface area (TPSA) is 59.1 Å². The standard InChI is InChI=1S/C27H27F9N2O4/c1-3-37(23(39)15-5-4-6-15)21-8-7-20(42-27(34,35)36)11-17(21)13-38-14(2)22(41-24(38)40)16-9-18(25(28,29)30)12-19(10-16)26(31,32)33/h7-9,11-12,14-16,22H,3-6,10,13H2,1-2H3. The Bertz CT molecular complexity index is 1270. The number of anilines is 1. The normalized spacial score (nSPS) is 23.6. The first-order chi connectivity index (χ1) is 19.4. The van der Waals surface area contributed by atoms with Crippen LogP contribution in [-0.4, -0.2) is 54.3 Å². The van der Waals surface area contributed by atoms with Gasteiger partial charge in [-0.1, -0.05) is 12.5 Å². The molecule has 0 spiro atoms. The van der Waals surface area contributed by atoms with Gasteiger partial charge in [0.05, 0.1) is 18.2 Å². The Morgan fingerprint density at radius 1 is 1.07 bits per heavy atom. The number of nitrogens with zero attached hydrogens (tertiary/aromatic N) is 2. The maximum atomic E-state index is 13.5. The molecule has 1 aromatic rings. The first kappa shape index (κ1) is 31.5. The smallest absolute Gasteiger partial charge is 0.443 e. The molecule has 2 amide bonds. The molecule has 1 saturated carbocycles. The van der Waals surface area contributed by atoms with Crippen LogP contribution in [0.25, 0.3) is 0 Å². The molecule has 2 fully saturated rings. The van der Waals surface area contributed by atoms with E-state index in [1.165, 1.54) is 17.9 Å². The van der Waals surface area contributed by atoms with Gasteiger partial charge in [0, 0.05) is 29.6 Å². The predicted molar refractivity (Wildman–Crippen MR) is 130 cm³/mol. The van der Waals surface area contributed by atoms with Crippen molar-refractivity contribution in [3.63, 3.8) is 0 Å². The van der Waals surface area contributed by atoms with E-state index in [4.69, 9.17) is 4.74 Å². The maximum Gasteiger partial charge on any atom is 0.573 e. The largest absolute Gasteiger partial charge is 0.573 e. The van der Waals surface area contributed by atoms with Crippen LogP contribution < -0.4 is 9.64 Å². The molecule has 1 heterocycles. The van der Waals surface area contributed by atoms with Gasteiger partial charge >= 0.3 is 24.8 Å². The van der Waals surface area contributed by atoms with Crippen molar-refractivity contribution in [2.45, 2.75) is 76.9 Å². The summed E-state index contributed by atoms with van der Waals surface area (Å²) in [6, 6.07) is 2.14. The molecule has 2 aliphatic carbocycles. The Morgan fingerprint density at radius 3 is 2.26 bits per heavy atom. The molecule has 3 aliphatic rings. The fourth-order valence-electron chi connectivity index (χ4n) is 5.36. The zero-order chi connectivity index (χ0) is 31.2. The number of amides is 2. The highest BCUT2D eigenvalue weighted by atomic mass is 19.4. The van der Waals surface area contributed by atoms with E-state index in [1.54, 1.807) is 6.92 Å². The molecule has 232 valence electrons. The van der Waals surface area contributed by atoms with Crippen LogP contribution in [0.2, 0.25) is 0 Å². The van der Waals surface area contributed by atoms with Gasteiger partial charge in [-0.05, 0) is 62.9 Å². The number of carbonyl (C=O) groups is 2. The number of ether oxygens (including phenoxy) is 2. The second kappa shape index (κ2) is 11.4. The maximum absolute atomic E-state index is 13.5. The number of allylic oxidation sites excluding steroid dienone is 3. The van der Waals surface area contributed by atoms with Gasteiger partial charge in [0.25, 0.3) is 0 Å². The lowest BCUT2D eigenvalue weighted by Crippen LogP contribution is -2.41. The minimum Gasteiger partial charge on any atom is -0.443 e. The van der Waals surface area contributed by atoms with E-state index in [9.17, 15) is 49.1 Å². The molecule has 0 radical (unpaired) electrons. The molecular formula is C27H27F9N2O4. The molecule has 0 bridgehead atoms. The third kappa shape index (κ3) is 6.80. The highest BCUT2D eigenvalue weighted by Gasteiger charge is 2.48. The fraction of sp³-hybridized carbons (Fsp3) is 0.556. The molecule has 15 heteroatoms. The van der Waals surface area contributed by atoms with Crippen LogP contribution in [0.1, 0.15) is 45.1 Å². The number of hydrogen-bond acceptors (Lipinski definition) is 4. The van der Waals surface area contributed by atoms with Crippen molar-refractivity contribution in [2.24, 2.45) is 11.8 Å². The third-order valence-electron chi connectivity index (χ3n) is 7.68. The summed E-state index contributed by atoms with van der Waals surface area (Å²) in [6.45, 7) is 2.70. The van der Waals surface area contributed by atoms with Gasteiger partial charge in [-0.2, -0.15) is 26.3 Å². The lowest BCUT2D eigenvalue weighted by atomic mass is 9.83. The van der Waals surface area contributed by atoms with E-state index < -0.39 is 72.7 Å². The van der Waals surface area contributed by atoms with Crippen molar-refractivity contribution < 1.29 is 58.6 Å². The molecule has 42 heavy (non-hydrogen) atoms. The molecule has 4 rings (SSSR count). The molecule has 0 N–H and O–H groups in total. The van der Waals surface area contributed by atoms with E-state index in [1.807, 2.05) is 0 Å². The van der Waals surface area contributed by atoms with Crippen molar-refractivity contribution in [1.82, 2.24) is 4.90 Å². The average molecular weight is 615 g/mol. The molecule has 1 aliphatic heterocycles. The number of rotatable bonds is 7. The zero-order valence-corrected chi connectivity index (χ0v) is 22.4. The fourth-order valence-corrected chi connectivity index (χ4v) is 5.36. The summed E-state index contributed by atoms with van der Waals surface area (Å²) in [5, 5.41) is 0. The monoisotopic (exact) mass is 614 g/mol. The summed E-state index contributed by atoms with van der Waals surface area (Å²) >= 11 is 0. The Hall–Kier alpha value is -3.39. The summed E-state index contributed by atoms with van der Waals surface area (Å²) in [6.07, 6.45) is -15.9. The summed E-state index contributed by atoms with van der Waals surface area (Å²) < 4.78 is 129. The van der Waals surface area contributed by atoms with Crippen LogP contribution in [0, 0.1) is 11.8 Å². The predicted octanol–water partition coefficient (Wildman–Crippen LogP) is 7.44. The minimum absolute atomic E-state index is 0.0204. The number of alkyl halides is 9. The van der Waals surface area contributed by atoms with Crippen LogP contribution in [-0.2, 0) is 16.1 Å². The zero-order valence-electron chi connectivity index (χ0n) is 22.4. The van der Waals surface area contributed by atoms with Crippen LogP contribution in [0.4, 0.5) is 50.0 Å². The quantitative estimate of drug-likeness (QED) is 0.300. The van der Waals surface area contributed by atoms with Gasteiger partial charge in [-0.25, -0.2) is 4.79 Å². The van der Waals surface area contributed by atoms with Crippen molar-refractivity contribution in [3.8, 4) is 5.75 Å². The third-order valence-corrected chi connectivity index (χ3v) is 7.68. The van der Waals surface area contributed by atoms with Gasteiger partial charge in [0.1, 0.15) is 11.9 Å². The summed E-state index contributed by atoms with van der Waals surface area (Å²) in [7, 11) is 0. The molecule has 6 nitrogen and oxygen atoms in total. The van der Waals surface area contributed by atoms with Gasteiger partial charge < -0.3 is 14.4 Å². The van der Waals surface area contributed by atoms with Gasteiger partial charge in [0.2, 0.25) is 5.91 Å². The van der Waals surface area contributed by atoms with E-state index in [0.29, 0.717) is 18.9 Å².